The fourth-order valence-corrected chi connectivity index (χ4v) is 1.79. The van der Waals surface area contributed by atoms with E-state index < -0.39 is 10.5 Å². The second-order valence-electron chi connectivity index (χ2n) is 2.52. The van der Waals surface area contributed by atoms with Crippen molar-refractivity contribution in [2.75, 3.05) is 0 Å². The third-order valence-corrected chi connectivity index (χ3v) is 2.67. The highest BCUT2D eigenvalue weighted by Crippen LogP contribution is 2.19. The Morgan fingerprint density at radius 1 is 1.00 bits per heavy atom. The number of carbonyl (C=O) groups excluding carboxylic acids is 2. The zero-order chi connectivity index (χ0) is 11.3. The molecular weight excluding hydrogens is 255 g/mol. The first-order valence-electron chi connectivity index (χ1n) is 3.93. The molecular formula is C10H6Cl2O2S. The third kappa shape index (κ3) is 4.93. The summed E-state index contributed by atoms with van der Waals surface area (Å²) < 4.78 is 0. The molecule has 0 saturated heterocycles. The predicted octanol–water partition coefficient (Wildman–Crippen LogP) is 3.31. The minimum Gasteiger partial charge on any atom is -0.276 e. The summed E-state index contributed by atoms with van der Waals surface area (Å²) in [6.45, 7) is 0. The average Bonchev–Trinajstić information content (AvgIpc) is 2.59. The SMILES string of the molecule is O=C(Cl)C=Cc1ccc(C=CC(=O)Cl)s1. The molecule has 0 bridgehead atoms. The summed E-state index contributed by atoms with van der Waals surface area (Å²) in [6.07, 6.45) is 5.76. The number of allylic oxidation sites excluding steroid dienone is 2. The van der Waals surface area contributed by atoms with E-state index in [-0.39, 0.29) is 0 Å². The predicted molar refractivity (Wildman–Crippen MR) is 64.1 cm³/mol. The lowest BCUT2D eigenvalue weighted by Crippen LogP contribution is -1.72. The number of hydrogen-bond acceptors (Lipinski definition) is 3. The van der Waals surface area contributed by atoms with E-state index in [1.54, 1.807) is 12.2 Å². The van der Waals surface area contributed by atoms with Crippen molar-refractivity contribution in [3.05, 3.63) is 34.0 Å². The lowest BCUT2D eigenvalue weighted by atomic mass is 10.4. The van der Waals surface area contributed by atoms with Crippen molar-refractivity contribution >= 4 is 57.2 Å². The first-order valence-corrected chi connectivity index (χ1v) is 5.50. The van der Waals surface area contributed by atoms with Gasteiger partial charge in [0.05, 0.1) is 0 Å². The van der Waals surface area contributed by atoms with E-state index in [4.69, 9.17) is 23.2 Å². The van der Waals surface area contributed by atoms with Crippen LogP contribution in [0.4, 0.5) is 0 Å². The van der Waals surface area contributed by atoms with Gasteiger partial charge in [0, 0.05) is 9.75 Å². The molecule has 0 aliphatic heterocycles. The Balaban J connectivity index is 2.72. The molecule has 0 radical (unpaired) electrons. The van der Waals surface area contributed by atoms with Gasteiger partial charge in [-0.2, -0.15) is 0 Å². The topological polar surface area (TPSA) is 34.1 Å². The van der Waals surface area contributed by atoms with Gasteiger partial charge in [-0.1, -0.05) is 0 Å². The highest BCUT2D eigenvalue weighted by molar-refractivity contribution is 7.13. The molecule has 5 heteroatoms. The molecule has 0 unspecified atom stereocenters. The number of rotatable bonds is 4. The minimum atomic E-state index is -0.517. The van der Waals surface area contributed by atoms with Gasteiger partial charge in [0.25, 0.3) is 0 Å². The summed E-state index contributed by atoms with van der Waals surface area (Å²) in [7, 11) is 0. The molecule has 0 saturated carbocycles. The Morgan fingerprint density at radius 3 is 1.73 bits per heavy atom. The molecule has 0 N–H and O–H groups in total. The van der Waals surface area contributed by atoms with Crippen molar-refractivity contribution in [3.63, 3.8) is 0 Å². The first kappa shape index (κ1) is 12.2. The van der Waals surface area contributed by atoms with Crippen molar-refractivity contribution in [1.29, 1.82) is 0 Å². The standard InChI is InChI=1S/C10H6Cl2O2S/c11-9(13)5-3-7-1-2-8(15-7)4-6-10(12)14/h1-6H. The molecule has 1 rings (SSSR count). The van der Waals surface area contributed by atoms with Crippen LogP contribution in [0.1, 0.15) is 9.75 Å². The molecule has 1 aromatic heterocycles. The first-order chi connectivity index (χ1) is 7.08. The smallest absolute Gasteiger partial charge is 0.245 e. The third-order valence-electron chi connectivity index (χ3n) is 1.40. The highest BCUT2D eigenvalue weighted by atomic mass is 35.5. The van der Waals surface area contributed by atoms with E-state index in [9.17, 15) is 9.59 Å². The Bertz CT molecular complexity index is 394. The molecule has 0 spiro atoms. The Labute approximate surface area is 101 Å². The summed E-state index contributed by atoms with van der Waals surface area (Å²) in [5, 5.41) is -1.03. The largest absolute Gasteiger partial charge is 0.276 e. The van der Waals surface area contributed by atoms with Crippen molar-refractivity contribution in [1.82, 2.24) is 0 Å². The van der Waals surface area contributed by atoms with E-state index in [0.717, 1.165) is 9.75 Å². The number of carbonyl (C=O) groups is 2. The van der Waals surface area contributed by atoms with Crippen LogP contribution in [0.2, 0.25) is 0 Å². The maximum atomic E-state index is 10.4. The maximum absolute atomic E-state index is 10.4. The second kappa shape index (κ2) is 5.85. The van der Waals surface area contributed by atoms with E-state index in [1.165, 1.54) is 23.5 Å². The van der Waals surface area contributed by atoms with Crippen LogP contribution < -0.4 is 0 Å². The zero-order valence-corrected chi connectivity index (χ0v) is 9.77. The van der Waals surface area contributed by atoms with E-state index in [0.29, 0.717) is 0 Å². The quantitative estimate of drug-likeness (QED) is 0.615. The van der Waals surface area contributed by atoms with Crippen LogP contribution in [0, 0.1) is 0 Å². The Morgan fingerprint density at radius 2 is 1.40 bits per heavy atom. The molecule has 0 aliphatic rings. The zero-order valence-electron chi connectivity index (χ0n) is 7.44. The Hall–Kier alpha value is -0.900. The summed E-state index contributed by atoms with van der Waals surface area (Å²) in [5.74, 6) is 0. The normalized spacial score (nSPS) is 11.3. The van der Waals surface area contributed by atoms with Crippen LogP contribution in [-0.4, -0.2) is 10.5 Å². The van der Waals surface area contributed by atoms with Crippen LogP contribution in [0.25, 0.3) is 12.2 Å². The Kier molecular flexibility index (Phi) is 4.75. The molecule has 78 valence electrons. The molecule has 1 heterocycles. The lowest BCUT2D eigenvalue weighted by Gasteiger charge is -1.82. The van der Waals surface area contributed by atoms with Crippen LogP contribution in [0.3, 0.4) is 0 Å². The summed E-state index contributed by atoms with van der Waals surface area (Å²) in [5.41, 5.74) is 0. The van der Waals surface area contributed by atoms with Crippen LogP contribution in [0.5, 0.6) is 0 Å². The van der Waals surface area contributed by atoms with Crippen molar-refractivity contribution in [2.45, 2.75) is 0 Å². The van der Waals surface area contributed by atoms with Gasteiger partial charge < -0.3 is 0 Å². The molecule has 0 aromatic carbocycles. The fourth-order valence-electron chi connectivity index (χ4n) is 0.843. The average molecular weight is 261 g/mol. The fraction of sp³-hybridized carbons (Fsp3) is 0. The van der Waals surface area contributed by atoms with Crippen LogP contribution in [-0.2, 0) is 9.59 Å². The van der Waals surface area contributed by atoms with Gasteiger partial charge in [-0.25, -0.2) is 0 Å². The second-order valence-corrected chi connectivity index (χ2v) is 4.41. The highest BCUT2D eigenvalue weighted by Gasteiger charge is 1.95. The van der Waals surface area contributed by atoms with Gasteiger partial charge >= 0.3 is 0 Å². The molecule has 1 aromatic rings. The molecule has 15 heavy (non-hydrogen) atoms. The van der Waals surface area contributed by atoms with Gasteiger partial charge in [-0.15, -0.1) is 11.3 Å². The molecule has 0 aliphatic carbocycles. The van der Waals surface area contributed by atoms with Crippen LogP contribution >= 0.6 is 34.5 Å². The molecule has 0 atom stereocenters. The number of thiophene rings is 1. The van der Waals surface area contributed by atoms with Gasteiger partial charge in [0.15, 0.2) is 0 Å². The number of halogens is 2. The maximum Gasteiger partial charge on any atom is 0.245 e. The van der Waals surface area contributed by atoms with Gasteiger partial charge in [-0.3, -0.25) is 9.59 Å². The van der Waals surface area contributed by atoms with Gasteiger partial charge in [0.2, 0.25) is 10.5 Å². The molecule has 0 fully saturated rings. The van der Waals surface area contributed by atoms with E-state index in [1.807, 2.05) is 12.1 Å². The molecule has 0 amide bonds. The lowest BCUT2D eigenvalue weighted by molar-refractivity contribution is -0.108. The van der Waals surface area contributed by atoms with Crippen molar-refractivity contribution in [2.24, 2.45) is 0 Å². The van der Waals surface area contributed by atoms with E-state index in [2.05, 4.69) is 0 Å². The minimum absolute atomic E-state index is 0.517. The monoisotopic (exact) mass is 260 g/mol. The molecule has 2 nitrogen and oxygen atoms in total. The van der Waals surface area contributed by atoms with Crippen LogP contribution in [0.15, 0.2) is 24.3 Å². The number of hydrogen-bond donors (Lipinski definition) is 0. The van der Waals surface area contributed by atoms with Gasteiger partial charge in [0.1, 0.15) is 0 Å². The summed E-state index contributed by atoms with van der Waals surface area (Å²) >= 11 is 11.7. The van der Waals surface area contributed by atoms with Gasteiger partial charge in [-0.05, 0) is 59.6 Å². The summed E-state index contributed by atoms with van der Waals surface area (Å²) in [6, 6.07) is 3.64. The summed E-state index contributed by atoms with van der Waals surface area (Å²) in [4.78, 5) is 22.7. The van der Waals surface area contributed by atoms with E-state index >= 15 is 0 Å². The van der Waals surface area contributed by atoms with Crippen molar-refractivity contribution < 1.29 is 9.59 Å². The van der Waals surface area contributed by atoms with Crippen molar-refractivity contribution in [3.8, 4) is 0 Å².